The second-order valence-corrected chi connectivity index (χ2v) is 10.1. The molecule has 0 radical (unpaired) electrons. The van der Waals surface area contributed by atoms with E-state index in [4.69, 9.17) is 39.5 Å². The predicted octanol–water partition coefficient (Wildman–Crippen LogP) is 7.21. The van der Waals surface area contributed by atoms with E-state index in [0.717, 1.165) is 27.8 Å². The maximum atomic E-state index is 12.8. The van der Waals surface area contributed by atoms with Gasteiger partial charge in [-0.3, -0.25) is 19.3 Å². The number of imide groups is 1. The van der Waals surface area contributed by atoms with Crippen molar-refractivity contribution < 1.29 is 19.1 Å². The van der Waals surface area contributed by atoms with Crippen LogP contribution in [0.25, 0.3) is 6.08 Å². The molecule has 1 aliphatic heterocycles. The van der Waals surface area contributed by atoms with E-state index in [1.165, 1.54) is 0 Å². The van der Waals surface area contributed by atoms with Crippen molar-refractivity contribution in [1.82, 2.24) is 4.90 Å². The highest BCUT2D eigenvalue weighted by Gasteiger charge is 2.36. The van der Waals surface area contributed by atoms with E-state index in [-0.39, 0.29) is 11.5 Å². The van der Waals surface area contributed by atoms with Crippen LogP contribution in [0, 0.1) is 6.92 Å². The van der Waals surface area contributed by atoms with Crippen LogP contribution in [0.1, 0.15) is 16.7 Å². The van der Waals surface area contributed by atoms with Crippen molar-refractivity contribution in [3.05, 3.63) is 97.3 Å². The molecule has 0 spiro atoms. The molecule has 36 heavy (non-hydrogen) atoms. The summed E-state index contributed by atoms with van der Waals surface area (Å²) in [5.74, 6) is -0.479. The van der Waals surface area contributed by atoms with E-state index >= 15 is 0 Å². The summed E-state index contributed by atoms with van der Waals surface area (Å²) in [6, 6.07) is 17.3. The lowest BCUT2D eigenvalue weighted by Crippen LogP contribution is -2.36. The topological polar surface area (TPSA) is 75.7 Å². The van der Waals surface area contributed by atoms with Gasteiger partial charge in [0.1, 0.15) is 18.9 Å². The molecular weight excluding hydrogens is 543 g/mol. The van der Waals surface area contributed by atoms with Gasteiger partial charge in [0.05, 0.1) is 4.91 Å². The first kappa shape index (κ1) is 26.1. The van der Waals surface area contributed by atoms with Crippen molar-refractivity contribution in [2.45, 2.75) is 13.5 Å². The molecule has 4 rings (SSSR count). The van der Waals surface area contributed by atoms with E-state index < -0.39 is 23.6 Å². The van der Waals surface area contributed by atoms with Gasteiger partial charge in [0.25, 0.3) is 11.1 Å². The van der Waals surface area contributed by atoms with Crippen LogP contribution in [0.2, 0.25) is 15.1 Å². The van der Waals surface area contributed by atoms with Gasteiger partial charge >= 0.3 is 0 Å². The molecule has 0 aromatic heterocycles. The van der Waals surface area contributed by atoms with Crippen molar-refractivity contribution in [2.75, 3.05) is 11.9 Å². The van der Waals surface area contributed by atoms with Crippen LogP contribution in [0.3, 0.4) is 0 Å². The molecule has 10 heteroatoms. The third-order valence-electron chi connectivity index (χ3n) is 5.21. The normalized spacial score (nSPS) is 14.4. The molecule has 1 fully saturated rings. The van der Waals surface area contributed by atoms with Gasteiger partial charge < -0.3 is 10.1 Å². The standard InChI is InChI=1S/C26H19Cl3N2O4S/c1-15-5-7-19(28)12-22(15)30-24(32)13-31-25(33)23(36-26(31)34)10-16-3-2-4-20(9-16)35-14-17-6-8-18(27)11-21(17)29/h2-12H,13-14H2,1H3,(H,30,32)/b23-10+. The van der Waals surface area contributed by atoms with Gasteiger partial charge in [0.2, 0.25) is 5.91 Å². The third kappa shape index (κ3) is 6.42. The van der Waals surface area contributed by atoms with Gasteiger partial charge in [-0.1, -0.05) is 59.1 Å². The van der Waals surface area contributed by atoms with E-state index in [1.807, 2.05) is 6.92 Å². The van der Waals surface area contributed by atoms with Crippen LogP contribution >= 0.6 is 46.6 Å². The van der Waals surface area contributed by atoms with Gasteiger partial charge in [-0.2, -0.15) is 0 Å². The number of amides is 3. The molecule has 1 aliphatic rings. The number of aryl methyl sites for hydroxylation is 1. The largest absolute Gasteiger partial charge is 0.489 e. The molecule has 0 unspecified atom stereocenters. The van der Waals surface area contributed by atoms with Gasteiger partial charge in [-0.25, -0.2) is 0 Å². The fraction of sp³-hybridized carbons (Fsp3) is 0.115. The molecule has 0 atom stereocenters. The summed E-state index contributed by atoms with van der Waals surface area (Å²) in [5.41, 5.74) is 2.77. The molecular formula is C26H19Cl3N2O4S. The number of anilines is 1. The molecule has 0 aliphatic carbocycles. The number of nitrogens with one attached hydrogen (secondary N) is 1. The van der Waals surface area contributed by atoms with Crippen LogP contribution in [0.5, 0.6) is 5.75 Å². The Morgan fingerprint density at radius 3 is 2.56 bits per heavy atom. The zero-order chi connectivity index (χ0) is 25.8. The quantitative estimate of drug-likeness (QED) is 0.309. The van der Waals surface area contributed by atoms with Crippen molar-refractivity contribution >= 4 is 75.4 Å². The van der Waals surface area contributed by atoms with Crippen LogP contribution in [0.4, 0.5) is 10.5 Å². The first-order chi connectivity index (χ1) is 17.2. The average molecular weight is 562 g/mol. The lowest BCUT2D eigenvalue weighted by atomic mass is 10.2. The SMILES string of the molecule is Cc1ccc(Cl)cc1NC(=O)CN1C(=O)S/C(=C/c2cccc(OCc3ccc(Cl)cc3Cl)c2)C1=O. The zero-order valence-corrected chi connectivity index (χ0v) is 22.0. The molecule has 3 aromatic carbocycles. The van der Waals surface area contributed by atoms with E-state index in [2.05, 4.69) is 5.32 Å². The molecule has 3 aromatic rings. The second-order valence-electron chi connectivity index (χ2n) is 7.87. The summed E-state index contributed by atoms with van der Waals surface area (Å²) in [6.45, 7) is 1.65. The van der Waals surface area contributed by atoms with E-state index in [1.54, 1.807) is 66.7 Å². The number of nitrogens with zero attached hydrogens (tertiary/aromatic N) is 1. The summed E-state index contributed by atoms with van der Waals surface area (Å²) in [7, 11) is 0. The maximum Gasteiger partial charge on any atom is 0.294 e. The number of rotatable bonds is 7. The minimum atomic E-state index is -0.540. The fourth-order valence-corrected chi connectivity index (χ4v) is 4.82. The number of ether oxygens (including phenoxy) is 1. The summed E-state index contributed by atoms with van der Waals surface area (Å²) in [6.07, 6.45) is 1.59. The number of benzene rings is 3. The molecule has 184 valence electrons. The van der Waals surface area contributed by atoms with Gasteiger partial charge in [0.15, 0.2) is 0 Å². The summed E-state index contributed by atoms with van der Waals surface area (Å²) in [4.78, 5) is 38.9. The lowest BCUT2D eigenvalue weighted by Gasteiger charge is -2.13. The van der Waals surface area contributed by atoms with Crippen molar-refractivity contribution in [3.63, 3.8) is 0 Å². The van der Waals surface area contributed by atoms with E-state index in [0.29, 0.717) is 32.1 Å². The van der Waals surface area contributed by atoms with Crippen LogP contribution in [-0.4, -0.2) is 28.5 Å². The first-order valence-corrected chi connectivity index (χ1v) is 12.6. The van der Waals surface area contributed by atoms with Crippen molar-refractivity contribution in [2.24, 2.45) is 0 Å². The van der Waals surface area contributed by atoms with Crippen LogP contribution in [0.15, 0.2) is 65.6 Å². The number of carbonyl (C=O) groups excluding carboxylic acids is 3. The maximum absolute atomic E-state index is 12.8. The Labute approximate surface area is 227 Å². The van der Waals surface area contributed by atoms with Crippen molar-refractivity contribution in [3.8, 4) is 5.75 Å². The van der Waals surface area contributed by atoms with E-state index in [9.17, 15) is 14.4 Å². The summed E-state index contributed by atoms with van der Waals surface area (Å²) in [5, 5.41) is 3.68. The third-order valence-corrected chi connectivity index (χ3v) is 6.94. The van der Waals surface area contributed by atoms with Crippen LogP contribution in [-0.2, 0) is 16.2 Å². The molecule has 1 N–H and O–H groups in total. The van der Waals surface area contributed by atoms with Gasteiger partial charge in [0, 0.05) is 26.3 Å². The number of thioether (sulfide) groups is 1. The number of halogens is 3. The van der Waals surface area contributed by atoms with Gasteiger partial charge in [-0.05, 0) is 72.3 Å². The molecule has 1 heterocycles. The smallest absolute Gasteiger partial charge is 0.294 e. The Hall–Kier alpha value is -2.97. The predicted molar refractivity (Wildman–Crippen MR) is 145 cm³/mol. The minimum absolute atomic E-state index is 0.213. The highest BCUT2D eigenvalue weighted by Crippen LogP contribution is 2.33. The Bertz CT molecular complexity index is 1390. The highest BCUT2D eigenvalue weighted by molar-refractivity contribution is 8.18. The van der Waals surface area contributed by atoms with Gasteiger partial charge in [-0.15, -0.1) is 0 Å². The second kappa shape index (κ2) is 11.4. The molecule has 0 bridgehead atoms. The van der Waals surface area contributed by atoms with Crippen molar-refractivity contribution in [1.29, 1.82) is 0 Å². The Balaban J connectivity index is 1.41. The number of hydrogen-bond acceptors (Lipinski definition) is 5. The molecule has 0 saturated carbocycles. The number of hydrogen-bond donors (Lipinski definition) is 1. The number of carbonyl (C=O) groups is 3. The first-order valence-electron chi connectivity index (χ1n) is 10.7. The summed E-state index contributed by atoms with van der Waals surface area (Å²) >= 11 is 18.9. The summed E-state index contributed by atoms with van der Waals surface area (Å²) < 4.78 is 5.83. The fourth-order valence-electron chi connectivity index (χ4n) is 3.34. The Kier molecular flexibility index (Phi) is 8.26. The monoisotopic (exact) mass is 560 g/mol. The van der Waals surface area contributed by atoms with Crippen LogP contribution < -0.4 is 10.1 Å². The minimum Gasteiger partial charge on any atom is -0.489 e. The average Bonchev–Trinajstić information content (AvgIpc) is 3.08. The highest BCUT2D eigenvalue weighted by atomic mass is 35.5. The Morgan fingerprint density at radius 1 is 1.03 bits per heavy atom. The lowest BCUT2D eigenvalue weighted by molar-refractivity contribution is -0.127. The zero-order valence-electron chi connectivity index (χ0n) is 18.9. The molecule has 1 saturated heterocycles. The molecule has 6 nitrogen and oxygen atoms in total. The molecule has 3 amide bonds. The Morgan fingerprint density at radius 2 is 1.78 bits per heavy atom.